The topological polar surface area (TPSA) is 91.2 Å². The van der Waals surface area contributed by atoms with Crippen molar-refractivity contribution in [1.29, 1.82) is 0 Å². The first-order valence-electron chi connectivity index (χ1n) is 6.32. The highest BCUT2D eigenvalue weighted by Gasteiger charge is 2.19. The fourth-order valence-corrected chi connectivity index (χ4v) is 1.83. The number of nitrogens with one attached hydrogen (secondary N) is 1. The fraction of sp³-hybridized carbons (Fsp3) is 0.308. The number of carbonyl (C=O) groups excluding carboxylic acids is 1. The Morgan fingerprint density at radius 3 is 2.43 bits per heavy atom. The van der Waals surface area contributed by atoms with E-state index in [0.29, 0.717) is 37.3 Å². The monoisotopic (exact) mass is 295 g/mol. The van der Waals surface area contributed by atoms with Gasteiger partial charge in [-0.3, -0.25) is 10.2 Å². The van der Waals surface area contributed by atoms with Gasteiger partial charge in [-0.2, -0.15) is 0 Å². The number of anilines is 1. The van der Waals surface area contributed by atoms with Gasteiger partial charge in [0.15, 0.2) is 0 Å². The molecule has 2 N–H and O–H groups in total. The second-order valence-corrected chi connectivity index (χ2v) is 4.44. The zero-order valence-corrected chi connectivity index (χ0v) is 11.1. The molecule has 7 nitrogen and oxygen atoms in total. The van der Waals surface area contributed by atoms with Crippen molar-refractivity contribution in [1.82, 2.24) is 4.90 Å². The quantitative estimate of drug-likeness (QED) is 0.647. The van der Waals surface area contributed by atoms with E-state index >= 15 is 0 Å². The lowest BCUT2D eigenvalue weighted by Gasteiger charge is -2.24. The Morgan fingerprint density at radius 2 is 1.86 bits per heavy atom. The van der Waals surface area contributed by atoms with Crippen LogP contribution < -0.4 is 5.32 Å². The van der Waals surface area contributed by atoms with Gasteiger partial charge < -0.3 is 10.0 Å². The van der Waals surface area contributed by atoms with Gasteiger partial charge in [0.25, 0.3) is 0 Å². The Labute approximate surface area is 120 Å². The zero-order chi connectivity index (χ0) is 15.2. The number of hydrogen-bond acceptors (Lipinski definition) is 4. The highest BCUT2D eigenvalue weighted by atomic mass is 19.1. The molecule has 0 aromatic heterocycles. The highest BCUT2D eigenvalue weighted by molar-refractivity contribution is 5.88. The number of piperidine rings is 1. The summed E-state index contributed by atoms with van der Waals surface area (Å²) in [7, 11) is 0. The lowest BCUT2D eigenvalue weighted by molar-refractivity contribution is 0.143. The minimum absolute atomic E-state index is 0.330. The normalized spacial score (nSPS) is 14.5. The van der Waals surface area contributed by atoms with E-state index in [1.165, 1.54) is 29.2 Å². The molecule has 112 valence electrons. The van der Waals surface area contributed by atoms with Gasteiger partial charge in [0.1, 0.15) is 5.82 Å². The lowest BCUT2D eigenvalue weighted by atomic mass is 10.1. The molecule has 0 unspecified atom stereocenters. The van der Waals surface area contributed by atoms with Gasteiger partial charge in [-0.1, -0.05) is 5.16 Å². The van der Waals surface area contributed by atoms with Crippen LogP contribution >= 0.6 is 0 Å². The molecule has 1 aliphatic heterocycles. The van der Waals surface area contributed by atoms with Crippen LogP contribution in [0.1, 0.15) is 12.8 Å². The Morgan fingerprint density at radius 1 is 1.24 bits per heavy atom. The van der Waals surface area contributed by atoms with Crippen molar-refractivity contribution in [2.45, 2.75) is 12.8 Å². The predicted molar refractivity (Wildman–Crippen MR) is 72.8 cm³/mol. The van der Waals surface area contributed by atoms with Gasteiger partial charge in [-0.15, -0.1) is 0 Å². The number of nitrogens with zero attached hydrogens (tertiary/aromatic N) is 2. The molecule has 0 aliphatic carbocycles. The summed E-state index contributed by atoms with van der Waals surface area (Å²) in [4.78, 5) is 28.2. The van der Waals surface area contributed by atoms with Gasteiger partial charge in [-0.25, -0.2) is 14.0 Å². The van der Waals surface area contributed by atoms with Crippen LogP contribution in [0.3, 0.4) is 0 Å². The van der Waals surface area contributed by atoms with Crippen molar-refractivity contribution in [3.63, 3.8) is 0 Å². The van der Waals surface area contributed by atoms with Crippen molar-refractivity contribution in [2.75, 3.05) is 18.4 Å². The lowest BCUT2D eigenvalue weighted by Crippen LogP contribution is -2.37. The van der Waals surface area contributed by atoms with E-state index in [0.717, 1.165) is 0 Å². The first kappa shape index (κ1) is 14.8. The first-order chi connectivity index (χ1) is 10.0. The minimum Gasteiger partial charge on any atom is -0.465 e. The molecule has 0 radical (unpaired) electrons. The molecule has 1 heterocycles. The maximum Gasteiger partial charge on any atom is 0.437 e. The van der Waals surface area contributed by atoms with Gasteiger partial charge in [0, 0.05) is 31.6 Å². The smallest absolute Gasteiger partial charge is 0.437 e. The molecule has 1 aliphatic rings. The third-order valence-electron chi connectivity index (χ3n) is 2.96. The van der Waals surface area contributed by atoms with E-state index in [1.807, 2.05) is 0 Å². The number of halogens is 1. The average molecular weight is 295 g/mol. The standard InChI is InChI=1S/C13H14FN3O4/c14-9-1-3-10(4-2-9)15-12(18)21-16-11-5-7-17(8-6-11)13(19)20/h1-4H,5-8H2,(H,15,18)(H,19,20). The molecule has 0 spiro atoms. The predicted octanol–water partition coefficient (Wildman–Crippen LogP) is 2.50. The van der Waals surface area contributed by atoms with Gasteiger partial charge in [0.2, 0.25) is 0 Å². The van der Waals surface area contributed by atoms with Crippen molar-refractivity contribution >= 4 is 23.6 Å². The van der Waals surface area contributed by atoms with Crippen LogP contribution in [0.25, 0.3) is 0 Å². The van der Waals surface area contributed by atoms with Gasteiger partial charge >= 0.3 is 12.2 Å². The Balaban J connectivity index is 1.80. The number of rotatable bonds is 2. The summed E-state index contributed by atoms with van der Waals surface area (Å²) in [5.41, 5.74) is 1.02. The Kier molecular flexibility index (Phi) is 4.70. The summed E-state index contributed by atoms with van der Waals surface area (Å²) in [5, 5.41) is 14.9. The van der Waals surface area contributed by atoms with Crippen LogP contribution in [-0.2, 0) is 4.84 Å². The fourth-order valence-electron chi connectivity index (χ4n) is 1.83. The van der Waals surface area contributed by atoms with E-state index in [-0.39, 0.29) is 0 Å². The summed E-state index contributed by atoms with van der Waals surface area (Å²) in [6.45, 7) is 0.661. The Hall–Kier alpha value is -2.64. The number of oxime groups is 1. The van der Waals surface area contributed by atoms with E-state index in [4.69, 9.17) is 5.11 Å². The number of carbonyl (C=O) groups is 2. The van der Waals surface area contributed by atoms with Crippen LogP contribution in [0.4, 0.5) is 19.7 Å². The average Bonchev–Trinajstić information content (AvgIpc) is 2.48. The molecule has 2 amide bonds. The number of hydrogen-bond donors (Lipinski definition) is 2. The number of likely N-dealkylation sites (tertiary alicyclic amines) is 1. The molecule has 1 saturated heterocycles. The molecule has 1 fully saturated rings. The summed E-state index contributed by atoms with van der Waals surface area (Å²) in [6.07, 6.45) is -0.898. The molecule has 0 atom stereocenters. The number of carboxylic acid groups (broad SMARTS) is 1. The van der Waals surface area contributed by atoms with Crippen LogP contribution in [0, 0.1) is 5.82 Å². The summed E-state index contributed by atoms with van der Waals surface area (Å²) in [5.74, 6) is -0.403. The molecule has 21 heavy (non-hydrogen) atoms. The molecule has 0 bridgehead atoms. The third kappa shape index (κ3) is 4.44. The van der Waals surface area contributed by atoms with Crippen LogP contribution in [0.2, 0.25) is 0 Å². The van der Waals surface area contributed by atoms with Crippen molar-refractivity contribution in [2.24, 2.45) is 5.16 Å². The largest absolute Gasteiger partial charge is 0.465 e. The molecular formula is C13H14FN3O4. The first-order valence-corrected chi connectivity index (χ1v) is 6.32. The summed E-state index contributed by atoms with van der Waals surface area (Å²) >= 11 is 0. The van der Waals surface area contributed by atoms with E-state index < -0.39 is 18.0 Å². The SMILES string of the molecule is O=C(Nc1ccc(F)cc1)ON=C1CCN(C(=O)O)CC1. The van der Waals surface area contributed by atoms with Crippen molar-refractivity contribution < 1.29 is 23.9 Å². The van der Waals surface area contributed by atoms with Crippen LogP contribution in [0.15, 0.2) is 29.4 Å². The Bertz CT molecular complexity index is 549. The molecule has 2 rings (SSSR count). The summed E-state index contributed by atoms with van der Waals surface area (Å²) in [6, 6.07) is 5.22. The third-order valence-corrected chi connectivity index (χ3v) is 2.96. The highest BCUT2D eigenvalue weighted by Crippen LogP contribution is 2.10. The molecule has 1 aromatic rings. The second-order valence-electron chi connectivity index (χ2n) is 4.44. The summed E-state index contributed by atoms with van der Waals surface area (Å²) < 4.78 is 12.7. The van der Waals surface area contributed by atoms with E-state index in [1.54, 1.807) is 0 Å². The van der Waals surface area contributed by atoms with Gasteiger partial charge in [0.05, 0.1) is 5.71 Å². The van der Waals surface area contributed by atoms with Gasteiger partial charge in [-0.05, 0) is 24.3 Å². The maximum absolute atomic E-state index is 12.7. The molecule has 1 aromatic carbocycles. The molecule has 8 heteroatoms. The van der Waals surface area contributed by atoms with Crippen molar-refractivity contribution in [3.05, 3.63) is 30.1 Å². The van der Waals surface area contributed by atoms with Crippen molar-refractivity contribution in [3.8, 4) is 0 Å². The van der Waals surface area contributed by atoms with E-state index in [2.05, 4.69) is 15.3 Å². The number of benzene rings is 1. The number of amides is 2. The van der Waals surface area contributed by atoms with Crippen LogP contribution in [-0.4, -0.2) is 41.0 Å². The van der Waals surface area contributed by atoms with E-state index in [9.17, 15) is 14.0 Å². The second kappa shape index (κ2) is 6.69. The maximum atomic E-state index is 12.7. The minimum atomic E-state index is -0.968. The van der Waals surface area contributed by atoms with Crippen LogP contribution in [0.5, 0.6) is 0 Å². The molecular weight excluding hydrogens is 281 g/mol. The zero-order valence-electron chi connectivity index (χ0n) is 11.1. The molecule has 0 saturated carbocycles.